The lowest BCUT2D eigenvalue weighted by Crippen LogP contribution is -2.42. The fourth-order valence-corrected chi connectivity index (χ4v) is 2.22. The summed E-state index contributed by atoms with van der Waals surface area (Å²) in [6.07, 6.45) is 4.29. The van der Waals surface area contributed by atoms with Gasteiger partial charge in [0.15, 0.2) is 0 Å². The monoisotopic (exact) mass is 139 g/mol. The Morgan fingerprint density at radius 1 is 1.40 bits per heavy atom. The van der Waals surface area contributed by atoms with E-state index in [0.717, 1.165) is 25.3 Å². The van der Waals surface area contributed by atoms with Crippen LogP contribution in [0.2, 0.25) is 0 Å². The minimum Gasteiger partial charge on any atom is -0.298 e. The van der Waals surface area contributed by atoms with Crippen LogP contribution < -0.4 is 0 Å². The highest BCUT2D eigenvalue weighted by Crippen LogP contribution is 2.31. The Bertz CT molecular complexity index is 167. The van der Waals surface area contributed by atoms with Crippen LogP contribution >= 0.6 is 0 Å². The third-order valence-electron chi connectivity index (χ3n) is 2.94. The average Bonchev–Trinajstić information content (AvgIpc) is 2.13. The maximum Gasteiger partial charge on any atom is 0.150 e. The lowest BCUT2D eigenvalue weighted by molar-refractivity contribution is -0.125. The van der Waals surface area contributed by atoms with Crippen LogP contribution in [0.4, 0.5) is 0 Å². The van der Waals surface area contributed by atoms with Crippen LogP contribution in [0.25, 0.3) is 0 Å². The molecule has 0 aliphatic carbocycles. The second kappa shape index (κ2) is 2.06. The van der Waals surface area contributed by atoms with Crippen molar-refractivity contribution in [2.45, 2.75) is 37.8 Å². The molecule has 0 radical (unpaired) electrons. The van der Waals surface area contributed by atoms with Crippen LogP contribution in [0.15, 0.2) is 0 Å². The molecule has 0 saturated carbocycles. The lowest BCUT2D eigenvalue weighted by atomic mass is 10.0. The number of carbonyl (C=O) groups is 1. The Balaban J connectivity index is 2.20. The van der Waals surface area contributed by atoms with E-state index in [1.165, 1.54) is 6.42 Å². The first kappa shape index (κ1) is 6.35. The molecule has 0 aromatic rings. The Morgan fingerprint density at radius 3 is 2.90 bits per heavy atom. The van der Waals surface area contributed by atoms with Crippen LogP contribution in [-0.4, -0.2) is 29.8 Å². The molecule has 56 valence electrons. The number of hydrogen-bond donors (Lipinski definition) is 0. The van der Waals surface area contributed by atoms with E-state index in [9.17, 15) is 4.79 Å². The molecule has 2 atom stereocenters. The van der Waals surface area contributed by atoms with Gasteiger partial charge in [0.25, 0.3) is 0 Å². The van der Waals surface area contributed by atoms with Crippen LogP contribution in [0.5, 0.6) is 0 Å². The fraction of sp³-hybridized carbons (Fsp3) is 0.875. The molecule has 10 heavy (non-hydrogen) atoms. The number of likely N-dealkylation sites (N-methyl/N-ethyl adjacent to an activating group) is 1. The fourth-order valence-electron chi connectivity index (χ4n) is 2.22. The second-order valence-electron chi connectivity index (χ2n) is 3.42. The molecule has 0 spiro atoms. The summed E-state index contributed by atoms with van der Waals surface area (Å²) in [4.78, 5) is 13.5. The van der Waals surface area contributed by atoms with Crippen molar-refractivity contribution in [2.75, 3.05) is 7.05 Å². The zero-order valence-electron chi connectivity index (χ0n) is 6.34. The standard InChI is InChI=1S/C8H13NO/c1-9-6-2-4-7(9)8(10)5-3-6/h6-7H,2-5H2,1H3. The van der Waals surface area contributed by atoms with E-state index in [-0.39, 0.29) is 0 Å². The van der Waals surface area contributed by atoms with Gasteiger partial charge in [-0.2, -0.15) is 0 Å². The Hall–Kier alpha value is -0.370. The van der Waals surface area contributed by atoms with Gasteiger partial charge < -0.3 is 0 Å². The normalized spacial score (nSPS) is 40.7. The first-order chi connectivity index (χ1) is 4.79. The maximum absolute atomic E-state index is 11.2. The van der Waals surface area contributed by atoms with E-state index >= 15 is 0 Å². The van der Waals surface area contributed by atoms with Crippen molar-refractivity contribution in [2.24, 2.45) is 0 Å². The van der Waals surface area contributed by atoms with Gasteiger partial charge in [-0.15, -0.1) is 0 Å². The van der Waals surface area contributed by atoms with E-state index in [1.54, 1.807) is 0 Å². The number of carbonyl (C=O) groups excluding carboxylic acids is 1. The van der Waals surface area contributed by atoms with Crippen LogP contribution in [0, 0.1) is 0 Å². The molecule has 2 aliphatic rings. The zero-order valence-corrected chi connectivity index (χ0v) is 6.34. The molecule has 0 N–H and O–H groups in total. The number of fused-ring (bicyclic) bond motifs is 2. The summed E-state index contributed by atoms with van der Waals surface area (Å²) in [6.45, 7) is 0. The molecule has 0 amide bonds. The van der Waals surface area contributed by atoms with Crippen molar-refractivity contribution in [3.8, 4) is 0 Å². The molecular weight excluding hydrogens is 126 g/mol. The summed E-state index contributed by atoms with van der Waals surface area (Å²) in [5.41, 5.74) is 0. The van der Waals surface area contributed by atoms with Gasteiger partial charge in [0.2, 0.25) is 0 Å². The van der Waals surface area contributed by atoms with Crippen molar-refractivity contribution < 1.29 is 4.79 Å². The molecule has 0 aromatic carbocycles. The first-order valence-corrected chi connectivity index (χ1v) is 4.03. The van der Waals surface area contributed by atoms with Gasteiger partial charge in [-0.1, -0.05) is 0 Å². The molecule has 2 fully saturated rings. The SMILES string of the molecule is CN1C2CCC(=O)C1CC2. The number of piperidine rings is 1. The Morgan fingerprint density at radius 2 is 2.20 bits per heavy atom. The molecule has 2 heterocycles. The van der Waals surface area contributed by atoms with Crippen molar-refractivity contribution >= 4 is 5.78 Å². The topological polar surface area (TPSA) is 20.3 Å². The van der Waals surface area contributed by atoms with Crippen molar-refractivity contribution in [1.82, 2.24) is 4.90 Å². The van der Waals surface area contributed by atoms with Gasteiger partial charge in [0, 0.05) is 12.5 Å². The number of Topliss-reactive ketones (excluding diaryl/α,β-unsaturated/α-hetero) is 1. The highest BCUT2D eigenvalue weighted by atomic mass is 16.1. The molecule has 2 rings (SSSR count). The highest BCUT2D eigenvalue weighted by molar-refractivity contribution is 5.85. The van der Waals surface area contributed by atoms with Gasteiger partial charge >= 0.3 is 0 Å². The minimum absolute atomic E-state index is 0.291. The first-order valence-electron chi connectivity index (χ1n) is 4.03. The summed E-state index contributed by atoms with van der Waals surface area (Å²) < 4.78 is 0. The minimum atomic E-state index is 0.291. The van der Waals surface area contributed by atoms with Crippen molar-refractivity contribution in [3.05, 3.63) is 0 Å². The van der Waals surface area contributed by atoms with E-state index < -0.39 is 0 Å². The Kier molecular flexibility index (Phi) is 1.31. The second-order valence-corrected chi connectivity index (χ2v) is 3.42. The molecular formula is C8H13NO. The predicted octanol–water partition coefficient (Wildman–Crippen LogP) is 0.812. The van der Waals surface area contributed by atoms with E-state index in [0.29, 0.717) is 11.8 Å². The van der Waals surface area contributed by atoms with Crippen LogP contribution in [-0.2, 0) is 4.79 Å². The van der Waals surface area contributed by atoms with Gasteiger partial charge in [-0.05, 0) is 26.3 Å². The van der Waals surface area contributed by atoms with E-state index in [2.05, 4.69) is 11.9 Å². The predicted molar refractivity (Wildman–Crippen MR) is 38.8 cm³/mol. The van der Waals surface area contributed by atoms with Crippen LogP contribution in [0.3, 0.4) is 0 Å². The largest absolute Gasteiger partial charge is 0.298 e. The molecule has 2 heteroatoms. The third-order valence-corrected chi connectivity index (χ3v) is 2.94. The molecule has 0 aromatic heterocycles. The summed E-state index contributed by atoms with van der Waals surface area (Å²) in [7, 11) is 2.08. The smallest absolute Gasteiger partial charge is 0.150 e. The van der Waals surface area contributed by atoms with Gasteiger partial charge in [0.1, 0.15) is 5.78 Å². The van der Waals surface area contributed by atoms with Crippen LogP contribution in [0.1, 0.15) is 25.7 Å². The quantitative estimate of drug-likeness (QED) is 0.495. The highest BCUT2D eigenvalue weighted by Gasteiger charge is 2.38. The summed E-state index contributed by atoms with van der Waals surface area (Å²) in [6, 6.07) is 1.02. The summed E-state index contributed by atoms with van der Waals surface area (Å²) in [5, 5.41) is 0. The van der Waals surface area contributed by atoms with Gasteiger partial charge in [-0.3, -0.25) is 9.69 Å². The third kappa shape index (κ3) is 0.717. The lowest BCUT2D eigenvalue weighted by Gasteiger charge is -2.29. The van der Waals surface area contributed by atoms with E-state index in [4.69, 9.17) is 0 Å². The van der Waals surface area contributed by atoms with Gasteiger partial charge in [0.05, 0.1) is 6.04 Å². The molecule has 2 aliphatic heterocycles. The number of ketones is 1. The molecule has 2 unspecified atom stereocenters. The summed E-state index contributed by atoms with van der Waals surface area (Å²) in [5.74, 6) is 0.469. The van der Waals surface area contributed by atoms with E-state index in [1.807, 2.05) is 0 Å². The van der Waals surface area contributed by atoms with Gasteiger partial charge in [-0.25, -0.2) is 0 Å². The number of rotatable bonds is 0. The molecule has 2 saturated heterocycles. The average molecular weight is 139 g/mol. The van der Waals surface area contributed by atoms with Crippen molar-refractivity contribution in [3.63, 3.8) is 0 Å². The zero-order chi connectivity index (χ0) is 7.14. The Labute approximate surface area is 61.2 Å². The summed E-state index contributed by atoms with van der Waals surface area (Å²) >= 11 is 0. The van der Waals surface area contributed by atoms with Crippen molar-refractivity contribution in [1.29, 1.82) is 0 Å². The molecule has 2 bridgehead atoms. The molecule has 2 nitrogen and oxygen atoms in total. The maximum atomic E-state index is 11.2. The number of hydrogen-bond acceptors (Lipinski definition) is 2. The number of nitrogens with zero attached hydrogens (tertiary/aromatic N) is 1.